The van der Waals surface area contributed by atoms with Gasteiger partial charge in [-0.15, -0.1) is 18.2 Å². The van der Waals surface area contributed by atoms with Crippen LogP contribution in [0.2, 0.25) is 0 Å². The molecule has 0 radical (unpaired) electrons. The minimum Gasteiger partial charge on any atom is -0.393 e. The van der Waals surface area contributed by atoms with Gasteiger partial charge in [-0.3, -0.25) is 19.3 Å². The highest BCUT2D eigenvalue weighted by Crippen LogP contribution is 2.64. The molecule has 0 aromatic rings. The Bertz CT molecular complexity index is 1250. The van der Waals surface area contributed by atoms with Crippen LogP contribution < -0.4 is 10.6 Å². The molecule has 5 fully saturated rings. The van der Waals surface area contributed by atoms with E-state index in [2.05, 4.69) is 30.4 Å². The summed E-state index contributed by atoms with van der Waals surface area (Å²) in [6.07, 6.45) is 11.0. The molecule has 1 saturated heterocycles. The Labute approximate surface area is 265 Å². The molecule has 4 saturated carbocycles. The maximum absolute atomic E-state index is 13.1. The zero-order chi connectivity index (χ0) is 31.5. The number of terminal acetylenes is 1. The van der Waals surface area contributed by atoms with Gasteiger partial charge < -0.3 is 26.0 Å². The fourth-order valence-electron chi connectivity index (χ4n) is 10.5. The summed E-state index contributed by atoms with van der Waals surface area (Å²) in [6.45, 7) is 6.46. The molecule has 6 rings (SSSR count). The van der Waals surface area contributed by atoms with Crippen molar-refractivity contribution >= 4 is 29.5 Å². The summed E-state index contributed by atoms with van der Waals surface area (Å²) in [5, 5.41) is 38.3. The lowest BCUT2D eigenvalue weighted by molar-refractivity contribution is -0.213. The number of carbonyl (C=O) groups is 3. The van der Waals surface area contributed by atoms with E-state index in [0.29, 0.717) is 53.9 Å². The van der Waals surface area contributed by atoms with Crippen molar-refractivity contribution in [3.63, 3.8) is 0 Å². The summed E-state index contributed by atoms with van der Waals surface area (Å²) in [7, 11) is 0. The molecule has 3 amide bonds. The van der Waals surface area contributed by atoms with Gasteiger partial charge >= 0.3 is 0 Å². The normalized spacial score (nSPS) is 43.4. The van der Waals surface area contributed by atoms with Crippen molar-refractivity contribution in [2.45, 2.75) is 108 Å². The summed E-state index contributed by atoms with van der Waals surface area (Å²) in [5.74, 6) is 4.33. The molecular formula is C34H49N3O6S. The van der Waals surface area contributed by atoms with Gasteiger partial charge in [0.15, 0.2) is 0 Å². The van der Waals surface area contributed by atoms with Gasteiger partial charge in [-0.2, -0.15) is 0 Å². The Morgan fingerprint density at radius 3 is 2.61 bits per heavy atom. The van der Waals surface area contributed by atoms with Crippen molar-refractivity contribution in [1.29, 1.82) is 0 Å². The predicted molar refractivity (Wildman–Crippen MR) is 167 cm³/mol. The van der Waals surface area contributed by atoms with Crippen molar-refractivity contribution in [2.75, 3.05) is 12.3 Å². The molecular weight excluding hydrogens is 578 g/mol. The number of fused-ring (bicyclic) bond motifs is 6. The quantitative estimate of drug-likeness (QED) is 0.216. The molecule has 44 heavy (non-hydrogen) atoms. The Morgan fingerprint density at radius 2 is 1.86 bits per heavy atom. The maximum Gasteiger partial charge on any atom is 0.268 e. The number of β-lactam (4-membered cyclic amide) rings is 1. The number of hydrogen-bond donors (Lipinski definition) is 5. The van der Waals surface area contributed by atoms with Crippen molar-refractivity contribution in [3.8, 4) is 12.3 Å². The van der Waals surface area contributed by atoms with Crippen LogP contribution in [0, 0.1) is 59.2 Å². The fraction of sp³-hybridized carbons (Fsp3) is 0.794. The average Bonchev–Trinajstić information content (AvgIpc) is 3.45. The van der Waals surface area contributed by atoms with Gasteiger partial charge in [0.1, 0.15) is 17.1 Å². The molecule has 0 aromatic carbocycles. The Morgan fingerprint density at radius 1 is 1.11 bits per heavy atom. The van der Waals surface area contributed by atoms with Gasteiger partial charge in [0.2, 0.25) is 5.91 Å². The minimum atomic E-state index is -0.782. The number of carbonyl (C=O) groups excluding carboxylic acids is 3. The standard InChI is InChI=1S/C34H49N3O6S/c1-5-14-35-31(42)28-18(3)16-44-33-27(32(43)37(28)33)36-25(39)11-6-17(2)20-7-8-22-21(20)9-10-23-26(22)30(41)29(40)24-15-19(38)12-13-34(23,24)4/h1,17,19-24,26-27,29-30,33,38,40-41H,6-16H2,2-4H3,(H,35,42)(H,36,39). The van der Waals surface area contributed by atoms with E-state index in [1.165, 1.54) is 4.90 Å². The van der Waals surface area contributed by atoms with E-state index in [9.17, 15) is 29.7 Å². The second-order valence-electron chi connectivity index (χ2n) is 14.8. The van der Waals surface area contributed by atoms with E-state index in [0.717, 1.165) is 50.5 Å². The molecule has 13 unspecified atom stereocenters. The third-order valence-corrected chi connectivity index (χ3v) is 14.1. The van der Waals surface area contributed by atoms with Crippen molar-refractivity contribution < 1.29 is 29.7 Å². The van der Waals surface area contributed by atoms with Crippen LogP contribution in [0.5, 0.6) is 0 Å². The first-order valence-electron chi connectivity index (χ1n) is 16.7. The van der Waals surface area contributed by atoms with Crippen molar-refractivity contribution in [1.82, 2.24) is 15.5 Å². The van der Waals surface area contributed by atoms with Crippen LogP contribution >= 0.6 is 11.8 Å². The highest BCUT2D eigenvalue weighted by Gasteiger charge is 2.62. The largest absolute Gasteiger partial charge is 0.393 e. The molecule has 2 aliphatic heterocycles. The van der Waals surface area contributed by atoms with Crippen LogP contribution in [-0.4, -0.2) is 80.0 Å². The molecule has 2 heterocycles. The van der Waals surface area contributed by atoms with Gasteiger partial charge in [0, 0.05) is 12.2 Å². The minimum absolute atomic E-state index is 0.0405. The highest BCUT2D eigenvalue weighted by molar-refractivity contribution is 8.00. The molecule has 0 bridgehead atoms. The van der Waals surface area contributed by atoms with Crippen LogP contribution in [0.3, 0.4) is 0 Å². The molecule has 242 valence electrons. The third kappa shape index (κ3) is 5.20. The van der Waals surface area contributed by atoms with Crippen LogP contribution in [0.1, 0.15) is 78.6 Å². The number of aliphatic hydroxyl groups excluding tert-OH is 3. The smallest absolute Gasteiger partial charge is 0.268 e. The number of hydrogen-bond acceptors (Lipinski definition) is 7. The lowest BCUT2D eigenvalue weighted by atomic mass is 9.45. The van der Waals surface area contributed by atoms with E-state index < -0.39 is 18.2 Å². The van der Waals surface area contributed by atoms with Crippen molar-refractivity contribution in [3.05, 3.63) is 11.3 Å². The summed E-state index contributed by atoms with van der Waals surface area (Å²) < 4.78 is 0. The summed E-state index contributed by atoms with van der Waals surface area (Å²) >= 11 is 1.55. The van der Waals surface area contributed by atoms with Gasteiger partial charge in [-0.05, 0) is 111 Å². The zero-order valence-electron chi connectivity index (χ0n) is 26.2. The third-order valence-electron chi connectivity index (χ3n) is 12.7. The van der Waals surface area contributed by atoms with Crippen LogP contribution in [0.25, 0.3) is 0 Å². The number of rotatable bonds is 7. The SMILES string of the molecule is C#CCNC(=O)C1=C(C)CSC2C(NC(=O)CCC(C)C3CCC4C3CCC3C4C(O)C(O)C4CC(O)CCC43C)C(=O)N12. The molecule has 13 atom stereocenters. The van der Waals surface area contributed by atoms with Gasteiger partial charge in [0.05, 0.1) is 24.9 Å². The number of aliphatic hydroxyl groups is 3. The molecule has 0 aromatic heterocycles. The van der Waals surface area contributed by atoms with Gasteiger partial charge in [0.25, 0.3) is 11.8 Å². The summed E-state index contributed by atoms with van der Waals surface area (Å²) in [6, 6.07) is -0.636. The summed E-state index contributed by atoms with van der Waals surface area (Å²) in [4.78, 5) is 40.3. The molecule has 9 nitrogen and oxygen atoms in total. The first-order chi connectivity index (χ1) is 21.0. The zero-order valence-corrected chi connectivity index (χ0v) is 27.0. The molecule has 0 spiro atoms. The maximum atomic E-state index is 13.1. The second-order valence-corrected chi connectivity index (χ2v) is 15.9. The Kier molecular flexibility index (Phi) is 8.90. The predicted octanol–water partition coefficient (Wildman–Crippen LogP) is 2.40. The van der Waals surface area contributed by atoms with Crippen molar-refractivity contribution in [2.24, 2.45) is 46.8 Å². The Hall–Kier alpha value is -2.06. The highest BCUT2D eigenvalue weighted by atomic mass is 32.2. The van der Waals surface area contributed by atoms with E-state index in [1.807, 2.05) is 6.92 Å². The lowest BCUT2D eigenvalue weighted by Gasteiger charge is -2.61. The van der Waals surface area contributed by atoms with Crippen LogP contribution in [0.4, 0.5) is 0 Å². The van der Waals surface area contributed by atoms with E-state index in [-0.39, 0.29) is 53.0 Å². The second kappa shape index (κ2) is 12.3. The monoisotopic (exact) mass is 627 g/mol. The van der Waals surface area contributed by atoms with E-state index in [4.69, 9.17) is 6.42 Å². The number of nitrogens with one attached hydrogen (secondary N) is 2. The van der Waals surface area contributed by atoms with E-state index in [1.54, 1.807) is 11.8 Å². The number of amides is 3. The Balaban J connectivity index is 1.03. The van der Waals surface area contributed by atoms with Gasteiger partial charge in [-0.1, -0.05) is 19.8 Å². The molecule has 10 heteroatoms. The first kappa shape index (κ1) is 31.9. The van der Waals surface area contributed by atoms with Gasteiger partial charge in [-0.25, -0.2) is 0 Å². The van der Waals surface area contributed by atoms with Crippen LogP contribution in [0.15, 0.2) is 11.3 Å². The summed E-state index contributed by atoms with van der Waals surface area (Å²) in [5.41, 5.74) is 1.12. The van der Waals surface area contributed by atoms with Crippen LogP contribution in [-0.2, 0) is 14.4 Å². The average molecular weight is 628 g/mol. The fourth-order valence-corrected chi connectivity index (χ4v) is 11.8. The topological polar surface area (TPSA) is 139 Å². The molecule has 5 N–H and O–H groups in total. The molecule has 6 aliphatic rings. The molecule has 4 aliphatic carbocycles. The number of thioether (sulfide) groups is 1. The van der Waals surface area contributed by atoms with E-state index >= 15 is 0 Å². The first-order valence-corrected chi connectivity index (χ1v) is 17.7. The lowest BCUT2D eigenvalue weighted by Crippen LogP contribution is -2.70. The number of nitrogens with zero attached hydrogens (tertiary/aromatic N) is 1.